The molecule has 1 aromatic rings. The molecule has 1 heterocycles. The molecule has 2 atom stereocenters. The molecule has 0 spiro atoms. The van der Waals surface area contributed by atoms with Crippen molar-refractivity contribution in [1.82, 2.24) is 4.90 Å². The molecule has 108 valence electrons. The summed E-state index contributed by atoms with van der Waals surface area (Å²) in [5, 5.41) is 18.4. The highest BCUT2D eigenvalue weighted by molar-refractivity contribution is 5.85. The SMILES string of the molecule is O=C(O)[C@@H]1C[C@@H](O)CN1C(=O)COc1ccccc1F. The van der Waals surface area contributed by atoms with Gasteiger partial charge >= 0.3 is 5.97 Å². The number of halogens is 1. The summed E-state index contributed by atoms with van der Waals surface area (Å²) in [6.07, 6.45) is -0.880. The zero-order chi connectivity index (χ0) is 14.7. The number of aliphatic hydroxyl groups excluding tert-OH is 1. The van der Waals surface area contributed by atoms with Crippen molar-refractivity contribution in [3.05, 3.63) is 30.1 Å². The number of likely N-dealkylation sites (tertiary alicyclic amines) is 1. The quantitative estimate of drug-likeness (QED) is 0.827. The zero-order valence-electron chi connectivity index (χ0n) is 10.5. The second-order valence-electron chi connectivity index (χ2n) is 4.51. The monoisotopic (exact) mass is 283 g/mol. The number of rotatable bonds is 4. The number of ether oxygens (including phenoxy) is 1. The molecular weight excluding hydrogens is 269 g/mol. The molecule has 2 N–H and O–H groups in total. The van der Waals surface area contributed by atoms with E-state index < -0.39 is 36.4 Å². The molecule has 0 unspecified atom stereocenters. The van der Waals surface area contributed by atoms with Gasteiger partial charge in [0.25, 0.3) is 5.91 Å². The van der Waals surface area contributed by atoms with E-state index in [-0.39, 0.29) is 18.7 Å². The summed E-state index contributed by atoms with van der Waals surface area (Å²) in [5.41, 5.74) is 0. The first-order chi connectivity index (χ1) is 9.49. The van der Waals surface area contributed by atoms with Gasteiger partial charge in [-0.15, -0.1) is 0 Å². The Kier molecular flexibility index (Phi) is 4.19. The van der Waals surface area contributed by atoms with Crippen LogP contribution in [0.2, 0.25) is 0 Å². The first kappa shape index (κ1) is 14.3. The van der Waals surface area contributed by atoms with E-state index in [1.807, 2.05) is 0 Å². The summed E-state index contributed by atoms with van der Waals surface area (Å²) in [7, 11) is 0. The predicted molar refractivity (Wildman–Crippen MR) is 65.7 cm³/mol. The number of aliphatic carboxylic acids is 1. The Morgan fingerprint density at radius 3 is 2.75 bits per heavy atom. The molecule has 6 nitrogen and oxygen atoms in total. The van der Waals surface area contributed by atoms with Crippen molar-refractivity contribution in [3.63, 3.8) is 0 Å². The van der Waals surface area contributed by atoms with Crippen molar-refractivity contribution in [3.8, 4) is 5.75 Å². The van der Waals surface area contributed by atoms with Gasteiger partial charge < -0.3 is 19.8 Å². The van der Waals surface area contributed by atoms with Crippen molar-refractivity contribution < 1.29 is 28.9 Å². The van der Waals surface area contributed by atoms with Crippen LogP contribution < -0.4 is 4.74 Å². The van der Waals surface area contributed by atoms with Crippen molar-refractivity contribution >= 4 is 11.9 Å². The Morgan fingerprint density at radius 1 is 1.40 bits per heavy atom. The van der Waals surface area contributed by atoms with Gasteiger partial charge in [0, 0.05) is 13.0 Å². The minimum Gasteiger partial charge on any atom is -0.481 e. The van der Waals surface area contributed by atoms with Crippen LogP contribution in [0.25, 0.3) is 0 Å². The molecular formula is C13H14FNO5. The van der Waals surface area contributed by atoms with Gasteiger partial charge in [-0.3, -0.25) is 4.79 Å². The fraction of sp³-hybridized carbons (Fsp3) is 0.385. The lowest BCUT2D eigenvalue weighted by atomic mass is 10.2. The Balaban J connectivity index is 1.98. The maximum atomic E-state index is 13.3. The number of hydrogen-bond donors (Lipinski definition) is 2. The zero-order valence-corrected chi connectivity index (χ0v) is 10.5. The first-order valence-electron chi connectivity index (χ1n) is 6.06. The van der Waals surface area contributed by atoms with E-state index in [1.165, 1.54) is 18.2 Å². The minimum atomic E-state index is -1.18. The van der Waals surface area contributed by atoms with Gasteiger partial charge in [-0.2, -0.15) is 0 Å². The number of carboxylic acids is 1. The second kappa shape index (κ2) is 5.87. The summed E-state index contributed by atoms with van der Waals surface area (Å²) in [6, 6.07) is 4.54. The molecule has 0 aliphatic carbocycles. The number of para-hydroxylation sites is 1. The molecule has 1 aromatic carbocycles. The van der Waals surface area contributed by atoms with Crippen molar-refractivity contribution in [2.75, 3.05) is 13.2 Å². The Labute approximate surface area is 114 Å². The third-order valence-corrected chi connectivity index (χ3v) is 3.07. The van der Waals surface area contributed by atoms with Crippen LogP contribution in [-0.2, 0) is 9.59 Å². The highest BCUT2D eigenvalue weighted by Gasteiger charge is 2.38. The fourth-order valence-electron chi connectivity index (χ4n) is 2.11. The van der Waals surface area contributed by atoms with E-state index in [4.69, 9.17) is 9.84 Å². The Bertz CT molecular complexity index is 521. The molecule has 1 saturated heterocycles. The van der Waals surface area contributed by atoms with E-state index in [2.05, 4.69) is 0 Å². The first-order valence-corrected chi connectivity index (χ1v) is 6.06. The molecule has 1 aliphatic rings. The molecule has 1 amide bonds. The molecule has 0 saturated carbocycles. The number of benzene rings is 1. The molecule has 0 bridgehead atoms. The van der Waals surface area contributed by atoms with Crippen LogP contribution in [0.4, 0.5) is 4.39 Å². The Hall–Kier alpha value is -2.15. The van der Waals surface area contributed by atoms with Crippen LogP contribution in [0.5, 0.6) is 5.75 Å². The number of amides is 1. The number of β-amino-alcohol motifs (C(OH)–C–C–N with tert-alkyl or cyclic N) is 1. The number of hydrogen-bond acceptors (Lipinski definition) is 4. The van der Waals surface area contributed by atoms with Gasteiger partial charge in [-0.25, -0.2) is 9.18 Å². The summed E-state index contributed by atoms with van der Waals surface area (Å²) in [4.78, 5) is 23.9. The number of carbonyl (C=O) groups excluding carboxylic acids is 1. The van der Waals surface area contributed by atoms with Crippen LogP contribution in [-0.4, -0.2) is 52.3 Å². The van der Waals surface area contributed by atoms with E-state index in [0.717, 1.165) is 4.90 Å². The van der Waals surface area contributed by atoms with Crippen LogP contribution >= 0.6 is 0 Å². The number of carboxylic acid groups (broad SMARTS) is 1. The third kappa shape index (κ3) is 3.05. The number of carbonyl (C=O) groups is 2. The number of nitrogens with zero attached hydrogens (tertiary/aromatic N) is 1. The number of aliphatic hydroxyl groups is 1. The lowest BCUT2D eigenvalue weighted by Gasteiger charge is -2.21. The molecule has 7 heteroatoms. The predicted octanol–water partition coefficient (Wildman–Crippen LogP) is 0.251. The summed E-state index contributed by atoms with van der Waals surface area (Å²) in [6.45, 7) is -0.534. The summed E-state index contributed by atoms with van der Waals surface area (Å²) in [5.74, 6) is -2.46. The van der Waals surface area contributed by atoms with E-state index in [0.29, 0.717) is 0 Å². The fourth-order valence-corrected chi connectivity index (χ4v) is 2.11. The average molecular weight is 283 g/mol. The molecule has 1 aliphatic heterocycles. The van der Waals surface area contributed by atoms with Gasteiger partial charge in [0.05, 0.1) is 6.10 Å². The van der Waals surface area contributed by atoms with E-state index >= 15 is 0 Å². The molecule has 20 heavy (non-hydrogen) atoms. The Morgan fingerprint density at radius 2 is 2.10 bits per heavy atom. The van der Waals surface area contributed by atoms with Crippen LogP contribution in [0.3, 0.4) is 0 Å². The maximum Gasteiger partial charge on any atom is 0.326 e. The van der Waals surface area contributed by atoms with Crippen LogP contribution in [0.1, 0.15) is 6.42 Å². The third-order valence-electron chi connectivity index (χ3n) is 3.07. The van der Waals surface area contributed by atoms with Crippen molar-refractivity contribution in [2.45, 2.75) is 18.6 Å². The normalized spacial score (nSPS) is 21.8. The van der Waals surface area contributed by atoms with Gasteiger partial charge in [0.1, 0.15) is 6.04 Å². The second-order valence-corrected chi connectivity index (χ2v) is 4.51. The maximum absolute atomic E-state index is 13.3. The largest absolute Gasteiger partial charge is 0.481 e. The van der Waals surface area contributed by atoms with Crippen LogP contribution in [0, 0.1) is 5.82 Å². The smallest absolute Gasteiger partial charge is 0.326 e. The van der Waals surface area contributed by atoms with Gasteiger partial charge in [0.2, 0.25) is 0 Å². The average Bonchev–Trinajstić information content (AvgIpc) is 2.80. The standard InChI is InChI=1S/C13H14FNO5/c14-9-3-1-2-4-11(9)20-7-12(17)15-6-8(16)5-10(15)13(18)19/h1-4,8,10,16H,5-7H2,(H,18,19)/t8-,10+/m1/s1. The summed E-state index contributed by atoms with van der Waals surface area (Å²) < 4.78 is 18.3. The van der Waals surface area contributed by atoms with Crippen molar-refractivity contribution in [1.29, 1.82) is 0 Å². The van der Waals surface area contributed by atoms with Gasteiger partial charge in [-0.05, 0) is 12.1 Å². The van der Waals surface area contributed by atoms with E-state index in [1.54, 1.807) is 6.07 Å². The van der Waals surface area contributed by atoms with Crippen molar-refractivity contribution in [2.24, 2.45) is 0 Å². The topological polar surface area (TPSA) is 87.1 Å². The molecule has 1 fully saturated rings. The lowest BCUT2D eigenvalue weighted by Crippen LogP contribution is -2.43. The van der Waals surface area contributed by atoms with Crippen LogP contribution in [0.15, 0.2) is 24.3 Å². The minimum absolute atomic E-state index is 0.0131. The van der Waals surface area contributed by atoms with Gasteiger partial charge in [0.15, 0.2) is 18.2 Å². The van der Waals surface area contributed by atoms with Gasteiger partial charge in [-0.1, -0.05) is 12.1 Å². The highest BCUT2D eigenvalue weighted by atomic mass is 19.1. The molecule has 0 radical (unpaired) electrons. The summed E-state index contributed by atoms with van der Waals surface area (Å²) >= 11 is 0. The molecule has 0 aromatic heterocycles. The lowest BCUT2D eigenvalue weighted by molar-refractivity contribution is -0.149. The highest BCUT2D eigenvalue weighted by Crippen LogP contribution is 2.20. The molecule has 2 rings (SSSR count). The van der Waals surface area contributed by atoms with E-state index in [9.17, 15) is 19.1 Å².